The van der Waals surface area contributed by atoms with Gasteiger partial charge in [-0.25, -0.2) is 4.79 Å². The maximum absolute atomic E-state index is 14.3. The molecule has 0 aromatic rings. The summed E-state index contributed by atoms with van der Waals surface area (Å²) in [5, 5.41) is 46.6. The summed E-state index contributed by atoms with van der Waals surface area (Å²) in [6.07, 6.45) is 5.99. The zero-order valence-electron chi connectivity index (χ0n) is 39.2. The van der Waals surface area contributed by atoms with Gasteiger partial charge in [-0.15, -0.1) is 6.58 Å². The number of esters is 1. The summed E-state index contributed by atoms with van der Waals surface area (Å²) in [6.45, 7) is 17.2. The number of aliphatic hydroxyl groups excluding tert-OH is 2. The SMILES string of the molecule is C1COCCN1.C=CC[C@@H]1/C=C(\C)C[C@H](C)C[C@H](OC)[C@H]2O[C@@](O)(C(=O)C(=O)N3CCCC[C@H]3C(=O)O[C@H](/C(C)=C/[C@@H]3CC[C@@H](O)[C@H](OC)C3)[C@H](C)[C@@H](O)CC1=N)[C@H](C)C[C@@H]2OC. The van der Waals surface area contributed by atoms with E-state index in [1.165, 1.54) is 12.0 Å². The molecule has 1 aliphatic carbocycles. The molecule has 14 atom stereocenters. The van der Waals surface area contributed by atoms with Crippen molar-refractivity contribution in [2.45, 2.75) is 160 Å². The quantitative estimate of drug-likeness (QED) is 0.134. The Morgan fingerprint density at radius 2 is 1.62 bits per heavy atom. The van der Waals surface area contributed by atoms with Crippen LogP contribution in [0.15, 0.2) is 36.0 Å². The number of piperidine rings is 1. The summed E-state index contributed by atoms with van der Waals surface area (Å²) < 4.78 is 34.9. The minimum absolute atomic E-state index is 0.0140. The molecule has 0 spiro atoms. The van der Waals surface area contributed by atoms with E-state index in [-0.39, 0.29) is 49.7 Å². The van der Waals surface area contributed by atoms with E-state index in [4.69, 9.17) is 33.8 Å². The van der Waals surface area contributed by atoms with E-state index in [2.05, 4.69) is 18.8 Å². The van der Waals surface area contributed by atoms with Crippen LogP contribution in [0, 0.1) is 35.0 Å². The third-order valence-electron chi connectivity index (χ3n) is 13.8. The summed E-state index contributed by atoms with van der Waals surface area (Å²) >= 11 is 0. The van der Waals surface area contributed by atoms with Gasteiger partial charge in [-0.05, 0) is 95.5 Å². The Morgan fingerprint density at radius 3 is 2.22 bits per heavy atom. The molecule has 5 N–H and O–H groups in total. The highest BCUT2D eigenvalue weighted by Gasteiger charge is 2.56. The average molecular weight is 890 g/mol. The van der Waals surface area contributed by atoms with Gasteiger partial charge >= 0.3 is 5.97 Å². The fraction of sp³-hybridized carbons (Fsp3) is 0.792. The Bertz CT molecular complexity index is 1570. The van der Waals surface area contributed by atoms with Crippen LogP contribution in [0.25, 0.3) is 0 Å². The maximum Gasteiger partial charge on any atom is 0.329 e. The van der Waals surface area contributed by atoms with Crippen LogP contribution < -0.4 is 5.32 Å². The van der Waals surface area contributed by atoms with Crippen LogP contribution in [0.4, 0.5) is 0 Å². The first kappa shape index (κ1) is 52.8. The zero-order valence-corrected chi connectivity index (χ0v) is 39.2. The van der Waals surface area contributed by atoms with Crippen LogP contribution >= 0.6 is 0 Å². The monoisotopic (exact) mass is 890 g/mol. The molecule has 0 radical (unpaired) electrons. The molecule has 2 bridgehead atoms. The van der Waals surface area contributed by atoms with E-state index in [0.29, 0.717) is 62.7 Å². The Labute approximate surface area is 375 Å². The fourth-order valence-corrected chi connectivity index (χ4v) is 9.98. The van der Waals surface area contributed by atoms with Crippen LogP contribution in [0.5, 0.6) is 0 Å². The Balaban J connectivity index is 0.00000133. The van der Waals surface area contributed by atoms with Crippen LogP contribution in [-0.2, 0) is 42.8 Å². The lowest BCUT2D eigenvalue weighted by Crippen LogP contribution is -2.64. The number of Topliss-reactive ketones (excluding diaryl/α,β-unsaturated/α-hetero) is 1. The van der Waals surface area contributed by atoms with Crippen molar-refractivity contribution in [3.8, 4) is 0 Å². The predicted molar refractivity (Wildman–Crippen MR) is 239 cm³/mol. The number of cyclic esters (lactones) is 1. The molecule has 5 rings (SSSR count). The second kappa shape index (κ2) is 25.2. The lowest BCUT2D eigenvalue weighted by Gasteiger charge is -2.47. The number of nitrogens with zero attached hydrogens (tertiary/aromatic N) is 1. The van der Waals surface area contributed by atoms with Crippen molar-refractivity contribution in [1.29, 1.82) is 5.41 Å². The number of allylic oxidation sites excluding steroid dienone is 4. The molecule has 1 saturated carbocycles. The molecular formula is C48H79N3O12. The summed E-state index contributed by atoms with van der Waals surface area (Å²) in [4.78, 5) is 44.0. The van der Waals surface area contributed by atoms with E-state index in [1.54, 1.807) is 34.1 Å². The second-order valence-electron chi connectivity index (χ2n) is 18.7. The van der Waals surface area contributed by atoms with Gasteiger partial charge < -0.3 is 59.4 Å². The van der Waals surface area contributed by atoms with E-state index in [9.17, 15) is 29.7 Å². The van der Waals surface area contributed by atoms with Crippen molar-refractivity contribution in [3.05, 3.63) is 36.0 Å². The van der Waals surface area contributed by atoms with E-state index in [0.717, 1.165) is 31.9 Å². The summed E-state index contributed by atoms with van der Waals surface area (Å²) in [6, 6.07) is -1.12. The normalized spacial score (nSPS) is 39.3. The molecule has 5 aliphatic rings. The van der Waals surface area contributed by atoms with Gasteiger partial charge in [0.15, 0.2) is 0 Å². The lowest BCUT2D eigenvalue weighted by molar-refractivity contribution is -0.302. The summed E-state index contributed by atoms with van der Waals surface area (Å²) in [5.74, 6) is -7.13. The molecule has 0 aromatic heterocycles. The molecule has 0 unspecified atom stereocenters. The number of methoxy groups -OCH3 is 3. The van der Waals surface area contributed by atoms with Gasteiger partial charge in [0.05, 0.1) is 43.7 Å². The van der Waals surface area contributed by atoms with Crippen LogP contribution in [0.1, 0.15) is 105 Å². The number of ketones is 1. The minimum atomic E-state index is -2.50. The van der Waals surface area contributed by atoms with Crippen LogP contribution in [0.2, 0.25) is 0 Å². The van der Waals surface area contributed by atoms with Crippen LogP contribution in [0.3, 0.4) is 0 Å². The molecule has 15 heteroatoms. The number of fused-ring (bicyclic) bond motifs is 3. The standard InChI is InChI=1S/C44H70N2O11.C4H9NO/c1-10-13-31-19-25(2)18-26(3)20-37(54-8)40-38(55-9)22-28(5)44(52,57-40)41(49)42(50)46-17-12-11-14-33(46)43(51)56-39(29(6)35(48)24-32(31)45)27(4)21-30-15-16-34(47)36(23-30)53-7;1-3-6-4-2-5-1/h10,19,21,26,28-31,33-40,45,47-48,52H,1,11-18,20,22-24H2,2-9H3;5H,1-4H2/b25-19+,27-21+,45-32?;/t26-,28+,29+,30-,31+,33-,34+,35-,36+,37-,38-,39+,40+,44+;/m0./s1. The van der Waals surface area contributed by atoms with Crippen LogP contribution in [-0.4, -0.2) is 152 Å². The molecule has 1 amide bonds. The molecule has 0 aromatic carbocycles. The molecule has 4 aliphatic heterocycles. The molecule has 15 nitrogen and oxygen atoms in total. The highest BCUT2D eigenvalue weighted by molar-refractivity contribution is 6.39. The number of amides is 1. The largest absolute Gasteiger partial charge is 0.456 e. The van der Waals surface area contributed by atoms with Gasteiger partial charge in [-0.3, -0.25) is 9.59 Å². The number of carbonyl (C=O) groups is 3. The number of aliphatic hydroxyl groups is 3. The van der Waals surface area contributed by atoms with Crippen molar-refractivity contribution >= 4 is 23.4 Å². The first-order valence-electron chi connectivity index (χ1n) is 23.2. The maximum atomic E-state index is 14.3. The van der Waals surface area contributed by atoms with Gasteiger partial charge in [0.1, 0.15) is 18.2 Å². The molecule has 63 heavy (non-hydrogen) atoms. The first-order valence-corrected chi connectivity index (χ1v) is 23.2. The molecule has 3 saturated heterocycles. The number of nitrogens with one attached hydrogen (secondary N) is 2. The number of hydrogen-bond acceptors (Lipinski definition) is 14. The zero-order chi connectivity index (χ0) is 46.4. The lowest BCUT2D eigenvalue weighted by atomic mass is 9.81. The number of hydrogen-bond donors (Lipinski definition) is 5. The number of morpholine rings is 1. The third kappa shape index (κ3) is 14.1. The molecule has 4 heterocycles. The highest BCUT2D eigenvalue weighted by Crippen LogP contribution is 2.39. The van der Waals surface area contributed by atoms with E-state index in [1.807, 2.05) is 26.0 Å². The highest BCUT2D eigenvalue weighted by atomic mass is 16.7. The molecule has 358 valence electrons. The second-order valence-corrected chi connectivity index (χ2v) is 18.7. The minimum Gasteiger partial charge on any atom is -0.456 e. The van der Waals surface area contributed by atoms with Gasteiger partial charge in [0, 0.05) is 70.8 Å². The van der Waals surface area contributed by atoms with E-state index >= 15 is 0 Å². The van der Waals surface area contributed by atoms with E-state index < -0.39 is 77.9 Å². The topological polar surface area (TPSA) is 206 Å². The van der Waals surface area contributed by atoms with Crippen molar-refractivity contribution in [3.63, 3.8) is 0 Å². The van der Waals surface area contributed by atoms with Crippen molar-refractivity contribution in [2.24, 2.45) is 29.6 Å². The van der Waals surface area contributed by atoms with Gasteiger partial charge in [-0.2, -0.15) is 0 Å². The number of rotatable bonds is 7. The Hall–Kier alpha value is -2.86. The smallest absolute Gasteiger partial charge is 0.329 e. The van der Waals surface area contributed by atoms with Crippen molar-refractivity contribution < 1.29 is 58.1 Å². The third-order valence-corrected chi connectivity index (χ3v) is 13.8. The molecular weight excluding hydrogens is 811 g/mol. The Morgan fingerprint density at radius 1 is 0.952 bits per heavy atom. The van der Waals surface area contributed by atoms with Gasteiger partial charge in [-0.1, -0.05) is 44.6 Å². The Kier molecular flexibility index (Phi) is 21.1. The number of ether oxygens (including phenoxy) is 6. The van der Waals surface area contributed by atoms with Gasteiger partial charge in [0.2, 0.25) is 5.79 Å². The summed E-state index contributed by atoms with van der Waals surface area (Å²) in [5.41, 5.74) is 2.06. The van der Waals surface area contributed by atoms with Crippen molar-refractivity contribution in [2.75, 3.05) is 54.2 Å². The molecule has 4 fully saturated rings. The summed E-state index contributed by atoms with van der Waals surface area (Å²) in [7, 11) is 4.65. The first-order chi connectivity index (χ1) is 30.0. The average Bonchev–Trinajstić information content (AvgIpc) is 3.28. The number of carbonyl (C=O) groups excluding carboxylic acids is 3. The van der Waals surface area contributed by atoms with Gasteiger partial charge in [0.25, 0.3) is 11.7 Å². The van der Waals surface area contributed by atoms with Crippen molar-refractivity contribution in [1.82, 2.24) is 10.2 Å². The fourth-order valence-electron chi connectivity index (χ4n) is 9.98. The predicted octanol–water partition coefficient (Wildman–Crippen LogP) is 4.70.